The highest BCUT2D eigenvalue weighted by Crippen LogP contribution is 2.16. The molecule has 2 aromatic carbocycles. The van der Waals surface area contributed by atoms with Crippen molar-refractivity contribution in [1.29, 1.82) is 0 Å². The molecule has 166 valence electrons. The van der Waals surface area contributed by atoms with Crippen LogP contribution in [0.3, 0.4) is 0 Å². The van der Waals surface area contributed by atoms with E-state index in [1.165, 1.54) is 22.6 Å². The molecule has 0 aromatic heterocycles. The van der Waals surface area contributed by atoms with E-state index in [0.717, 1.165) is 64.5 Å². The third-order valence-electron chi connectivity index (χ3n) is 6.11. The van der Waals surface area contributed by atoms with Crippen molar-refractivity contribution >= 4 is 23.4 Å². The number of carbonyl (C=O) groups excluding carboxylic acids is 1. The van der Waals surface area contributed by atoms with Gasteiger partial charge in [-0.1, -0.05) is 42.5 Å². The smallest absolute Gasteiger partial charge is 0.238 e. The molecule has 2 aliphatic rings. The molecular formula is C25H34N4OS. The Morgan fingerprint density at radius 2 is 1.52 bits per heavy atom. The van der Waals surface area contributed by atoms with Crippen LogP contribution in [0.2, 0.25) is 0 Å². The zero-order valence-corrected chi connectivity index (χ0v) is 19.2. The third kappa shape index (κ3) is 7.35. The number of benzene rings is 2. The summed E-state index contributed by atoms with van der Waals surface area (Å²) in [5.41, 5.74) is 3.58. The molecular weight excluding hydrogens is 404 g/mol. The number of carbonyl (C=O) groups is 1. The van der Waals surface area contributed by atoms with Gasteiger partial charge in [-0.15, -0.1) is 0 Å². The Morgan fingerprint density at radius 3 is 2.29 bits per heavy atom. The summed E-state index contributed by atoms with van der Waals surface area (Å²) in [6.45, 7) is 8.80. The number of rotatable bonds is 8. The summed E-state index contributed by atoms with van der Waals surface area (Å²) >= 11 is 2.03. The Balaban J connectivity index is 1.18. The molecule has 0 aliphatic carbocycles. The van der Waals surface area contributed by atoms with Crippen LogP contribution < -0.4 is 5.32 Å². The standard InChI is InChI=1S/C25H34N4OS/c30-25(26-24-8-4-7-23(19-24)20-29-15-17-31-18-16-29)21-28-13-11-27(12-14-28)10-9-22-5-2-1-3-6-22/h1-8,19H,9-18,20-21H2,(H,26,30). The van der Waals surface area contributed by atoms with E-state index >= 15 is 0 Å². The van der Waals surface area contributed by atoms with Crippen molar-refractivity contribution in [2.75, 3.05) is 69.2 Å². The molecule has 2 saturated heterocycles. The maximum Gasteiger partial charge on any atom is 0.238 e. The van der Waals surface area contributed by atoms with Crippen LogP contribution in [0.1, 0.15) is 11.1 Å². The first-order valence-electron chi connectivity index (χ1n) is 11.4. The van der Waals surface area contributed by atoms with Crippen molar-refractivity contribution in [3.63, 3.8) is 0 Å². The number of hydrogen-bond donors (Lipinski definition) is 1. The van der Waals surface area contributed by atoms with Crippen LogP contribution >= 0.6 is 11.8 Å². The molecule has 2 heterocycles. The lowest BCUT2D eigenvalue weighted by molar-refractivity contribution is -0.117. The molecule has 0 spiro atoms. The van der Waals surface area contributed by atoms with Crippen molar-refractivity contribution in [3.8, 4) is 0 Å². The highest BCUT2D eigenvalue weighted by Gasteiger charge is 2.19. The molecule has 0 saturated carbocycles. The van der Waals surface area contributed by atoms with Gasteiger partial charge in [-0.25, -0.2) is 0 Å². The van der Waals surface area contributed by atoms with Gasteiger partial charge in [-0.05, 0) is 29.7 Å². The first kappa shape index (κ1) is 22.3. The quantitative estimate of drug-likeness (QED) is 0.686. The fourth-order valence-corrected chi connectivity index (χ4v) is 5.25. The minimum absolute atomic E-state index is 0.0873. The zero-order chi connectivity index (χ0) is 21.3. The molecule has 0 bridgehead atoms. The van der Waals surface area contributed by atoms with E-state index in [9.17, 15) is 4.79 Å². The molecule has 4 rings (SSSR count). The predicted molar refractivity (Wildman–Crippen MR) is 131 cm³/mol. The van der Waals surface area contributed by atoms with E-state index in [1.807, 2.05) is 17.8 Å². The molecule has 2 fully saturated rings. The summed E-state index contributed by atoms with van der Waals surface area (Å²) in [5.74, 6) is 2.52. The van der Waals surface area contributed by atoms with Crippen LogP contribution in [0.15, 0.2) is 54.6 Å². The lowest BCUT2D eigenvalue weighted by Gasteiger charge is -2.34. The van der Waals surface area contributed by atoms with Gasteiger partial charge in [0.1, 0.15) is 0 Å². The van der Waals surface area contributed by atoms with Crippen molar-refractivity contribution in [2.24, 2.45) is 0 Å². The summed E-state index contributed by atoms with van der Waals surface area (Å²) in [6.07, 6.45) is 1.09. The van der Waals surface area contributed by atoms with Crippen LogP contribution in [0, 0.1) is 0 Å². The van der Waals surface area contributed by atoms with Gasteiger partial charge in [-0.3, -0.25) is 14.6 Å². The molecule has 1 N–H and O–H groups in total. The maximum atomic E-state index is 12.6. The van der Waals surface area contributed by atoms with Crippen molar-refractivity contribution in [2.45, 2.75) is 13.0 Å². The van der Waals surface area contributed by atoms with Crippen molar-refractivity contribution < 1.29 is 4.79 Å². The maximum absolute atomic E-state index is 12.6. The Hall–Kier alpha value is -1.86. The summed E-state index contributed by atoms with van der Waals surface area (Å²) in [6, 6.07) is 19.0. The van der Waals surface area contributed by atoms with Gasteiger partial charge in [0.15, 0.2) is 0 Å². The summed E-state index contributed by atoms with van der Waals surface area (Å²) < 4.78 is 0. The Morgan fingerprint density at radius 1 is 0.806 bits per heavy atom. The van der Waals surface area contributed by atoms with Gasteiger partial charge in [0, 0.05) is 69.6 Å². The van der Waals surface area contributed by atoms with E-state index < -0.39 is 0 Å². The van der Waals surface area contributed by atoms with Gasteiger partial charge in [-0.2, -0.15) is 11.8 Å². The third-order valence-corrected chi connectivity index (χ3v) is 7.05. The van der Waals surface area contributed by atoms with Crippen molar-refractivity contribution in [1.82, 2.24) is 14.7 Å². The molecule has 1 amide bonds. The van der Waals surface area contributed by atoms with Gasteiger partial charge in [0.05, 0.1) is 6.54 Å². The first-order valence-corrected chi connectivity index (χ1v) is 12.6. The SMILES string of the molecule is O=C(CN1CCN(CCc2ccccc2)CC1)Nc1cccc(CN2CCSCC2)c1. The molecule has 2 aliphatic heterocycles. The number of nitrogens with zero attached hydrogens (tertiary/aromatic N) is 3. The minimum atomic E-state index is 0.0873. The number of hydrogen-bond acceptors (Lipinski definition) is 5. The van der Waals surface area contributed by atoms with E-state index in [-0.39, 0.29) is 5.91 Å². The van der Waals surface area contributed by atoms with Crippen LogP contribution in [-0.2, 0) is 17.8 Å². The molecule has 0 atom stereocenters. The molecule has 31 heavy (non-hydrogen) atoms. The highest BCUT2D eigenvalue weighted by molar-refractivity contribution is 7.99. The Bertz CT molecular complexity index is 817. The molecule has 0 radical (unpaired) electrons. The second-order valence-corrected chi connectivity index (χ2v) is 9.72. The lowest BCUT2D eigenvalue weighted by atomic mass is 10.1. The average Bonchev–Trinajstić information content (AvgIpc) is 2.80. The Kier molecular flexibility index (Phi) is 8.41. The fourth-order valence-electron chi connectivity index (χ4n) is 4.27. The lowest BCUT2D eigenvalue weighted by Crippen LogP contribution is -2.49. The number of thioether (sulfide) groups is 1. The van der Waals surface area contributed by atoms with Crippen LogP contribution in [0.5, 0.6) is 0 Å². The molecule has 5 nitrogen and oxygen atoms in total. The predicted octanol–water partition coefficient (Wildman–Crippen LogP) is 3.03. The van der Waals surface area contributed by atoms with Gasteiger partial charge in [0.25, 0.3) is 0 Å². The largest absolute Gasteiger partial charge is 0.325 e. The average molecular weight is 439 g/mol. The molecule has 6 heteroatoms. The van der Waals surface area contributed by atoms with Crippen LogP contribution in [-0.4, -0.2) is 84.5 Å². The fraction of sp³-hybridized carbons (Fsp3) is 0.480. The van der Waals surface area contributed by atoms with Crippen LogP contribution in [0.25, 0.3) is 0 Å². The van der Waals surface area contributed by atoms with Crippen molar-refractivity contribution in [3.05, 3.63) is 65.7 Å². The molecule has 0 unspecified atom stereocenters. The second-order valence-electron chi connectivity index (χ2n) is 8.49. The number of amides is 1. The topological polar surface area (TPSA) is 38.8 Å². The van der Waals surface area contributed by atoms with Crippen LogP contribution in [0.4, 0.5) is 5.69 Å². The summed E-state index contributed by atoms with van der Waals surface area (Å²) in [4.78, 5) is 19.9. The summed E-state index contributed by atoms with van der Waals surface area (Å²) in [7, 11) is 0. The minimum Gasteiger partial charge on any atom is -0.325 e. The number of nitrogens with one attached hydrogen (secondary N) is 1. The monoisotopic (exact) mass is 438 g/mol. The normalized spacial score (nSPS) is 18.7. The highest BCUT2D eigenvalue weighted by atomic mass is 32.2. The van der Waals surface area contributed by atoms with E-state index in [1.54, 1.807) is 0 Å². The zero-order valence-electron chi connectivity index (χ0n) is 18.3. The molecule has 2 aromatic rings. The summed E-state index contributed by atoms with van der Waals surface area (Å²) in [5, 5.41) is 3.11. The van der Waals surface area contributed by atoms with Gasteiger partial charge in [0.2, 0.25) is 5.91 Å². The second kappa shape index (κ2) is 11.7. The van der Waals surface area contributed by atoms with E-state index in [0.29, 0.717) is 6.54 Å². The van der Waals surface area contributed by atoms with Gasteiger partial charge < -0.3 is 10.2 Å². The number of anilines is 1. The first-order chi connectivity index (χ1) is 15.2. The Labute approximate surface area is 190 Å². The van der Waals surface area contributed by atoms with E-state index in [2.05, 4.69) is 68.5 Å². The van der Waals surface area contributed by atoms with E-state index in [4.69, 9.17) is 0 Å². The number of piperazine rings is 1. The van der Waals surface area contributed by atoms with Gasteiger partial charge >= 0.3 is 0 Å².